The van der Waals surface area contributed by atoms with E-state index < -0.39 is 17.7 Å². The second kappa shape index (κ2) is 7.57. The molecule has 0 aliphatic heterocycles. The summed E-state index contributed by atoms with van der Waals surface area (Å²) in [6.45, 7) is 1.90. The minimum Gasteiger partial charge on any atom is -0.457 e. The maximum Gasteiger partial charge on any atom is 0.340 e. The number of rotatable bonds is 6. The average Bonchev–Trinajstić information content (AvgIpc) is 3.38. The SMILES string of the molecule is CC1CC1C(=O)Nc1ccc(F)cc1C(=O)OCc1ccc(C(N)=O)cc1. The van der Waals surface area contributed by atoms with Gasteiger partial charge in [0.2, 0.25) is 11.8 Å². The molecular weight excluding hydrogens is 351 g/mol. The lowest BCUT2D eigenvalue weighted by atomic mass is 10.1. The fourth-order valence-corrected chi connectivity index (χ4v) is 2.70. The maximum atomic E-state index is 13.6. The first-order valence-corrected chi connectivity index (χ1v) is 8.51. The Balaban J connectivity index is 1.69. The van der Waals surface area contributed by atoms with Crippen molar-refractivity contribution in [1.82, 2.24) is 0 Å². The minimum atomic E-state index is -0.757. The minimum absolute atomic E-state index is 0.0505. The Morgan fingerprint density at radius 1 is 1.19 bits per heavy atom. The van der Waals surface area contributed by atoms with Crippen LogP contribution in [0, 0.1) is 17.7 Å². The van der Waals surface area contributed by atoms with Crippen LogP contribution in [0.3, 0.4) is 0 Å². The van der Waals surface area contributed by atoms with Crippen molar-refractivity contribution in [3.63, 3.8) is 0 Å². The number of hydrogen-bond donors (Lipinski definition) is 2. The van der Waals surface area contributed by atoms with Crippen molar-refractivity contribution in [2.45, 2.75) is 20.0 Å². The van der Waals surface area contributed by atoms with E-state index in [0.29, 0.717) is 17.0 Å². The number of esters is 1. The molecule has 0 spiro atoms. The number of anilines is 1. The van der Waals surface area contributed by atoms with Gasteiger partial charge in [-0.2, -0.15) is 0 Å². The Hall–Kier alpha value is -3.22. The number of ether oxygens (including phenoxy) is 1. The van der Waals surface area contributed by atoms with Gasteiger partial charge in [0, 0.05) is 11.5 Å². The lowest BCUT2D eigenvalue weighted by Crippen LogP contribution is -2.18. The highest BCUT2D eigenvalue weighted by Gasteiger charge is 2.39. The van der Waals surface area contributed by atoms with Gasteiger partial charge in [0.1, 0.15) is 12.4 Å². The van der Waals surface area contributed by atoms with Crippen LogP contribution in [-0.2, 0) is 16.1 Å². The van der Waals surface area contributed by atoms with Gasteiger partial charge in [0.15, 0.2) is 0 Å². The van der Waals surface area contributed by atoms with Gasteiger partial charge >= 0.3 is 5.97 Å². The van der Waals surface area contributed by atoms with Crippen LogP contribution in [0.25, 0.3) is 0 Å². The second-order valence-corrected chi connectivity index (χ2v) is 6.64. The molecule has 2 atom stereocenters. The van der Waals surface area contributed by atoms with Crippen molar-refractivity contribution in [1.29, 1.82) is 0 Å². The molecule has 0 saturated heterocycles. The first kappa shape index (κ1) is 18.6. The molecule has 140 valence electrons. The molecule has 1 aliphatic rings. The van der Waals surface area contributed by atoms with Crippen molar-refractivity contribution in [2.75, 3.05) is 5.32 Å². The molecule has 2 amide bonds. The number of nitrogens with one attached hydrogen (secondary N) is 1. The third-order valence-corrected chi connectivity index (χ3v) is 4.51. The Morgan fingerprint density at radius 3 is 2.44 bits per heavy atom. The van der Waals surface area contributed by atoms with Crippen LogP contribution >= 0.6 is 0 Å². The molecule has 2 unspecified atom stereocenters. The Morgan fingerprint density at radius 2 is 1.85 bits per heavy atom. The quantitative estimate of drug-likeness (QED) is 0.764. The van der Waals surface area contributed by atoms with Crippen LogP contribution < -0.4 is 11.1 Å². The summed E-state index contributed by atoms with van der Waals surface area (Å²) in [7, 11) is 0. The van der Waals surface area contributed by atoms with E-state index in [2.05, 4.69) is 5.32 Å². The lowest BCUT2D eigenvalue weighted by molar-refractivity contribution is -0.117. The van der Waals surface area contributed by atoms with Gasteiger partial charge < -0.3 is 15.8 Å². The van der Waals surface area contributed by atoms with Crippen molar-refractivity contribution < 1.29 is 23.5 Å². The maximum absolute atomic E-state index is 13.6. The molecule has 0 aromatic heterocycles. The van der Waals surface area contributed by atoms with Crippen LogP contribution in [0.15, 0.2) is 42.5 Å². The molecule has 1 saturated carbocycles. The molecule has 0 heterocycles. The van der Waals surface area contributed by atoms with E-state index in [0.717, 1.165) is 12.5 Å². The number of hydrogen-bond acceptors (Lipinski definition) is 4. The average molecular weight is 370 g/mol. The molecule has 0 bridgehead atoms. The van der Waals surface area contributed by atoms with E-state index in [-0.39, 0.29) is 29.7 Å². The van der Waals surface area contributed by atoms with E-state index in [1.54, 1.807) is 12.1 Å². The normalized spacial score (nSPS) is 17.9. The summed E-state index contributed by atoms with van der Waals surface area (Å²) in [5.41, 5.74) is 6.32. The Kier molecular flexibility index (Phi) is 5.21. The van der Waals surface area contributed by atoms with Crippen LogP contribution in [0.4, 0.5) is 10.1 Å². The summed E-state index contributed by atoms with van der Waals surface area (Å²) < 4.78 is 18.8. The first-order chi connectivity index (χ1) is 12.8. The predicted octanol–water partition coefficient (Wildman–Crippen LogP) is 2.88. The number of carbonyl (C=O) groups excluding carboxylic acids is 3. The topological polar surface area (TPSA) is 98.5 Å². The number of nitrogens with two attached hydrogens (primary N) is 1. The Labute approximate surface area is 155 Å². The molecule has 2 aromatic rings. The number of primary amides is 1. The van der Waals surface area contributed by atoms with Crippen molar-refractivity contribution in [3.8, 4) is 0 Å². The van der Waals surface area contributed by atoms with Gasteiger partial charge in [-0.25, -0.2) is 9.18 Å². The highest BCUT2D eigenvalue weighted by Crippen LogP contribution is 2.38. The summed E-state index contributed by atoms with van der Waals surface area (Å²) in [6.07, 6.45) is 0.800. The highest BCUT2D eigenvalue weighted by molar-refractivity contribution is 6.02. The highest BCUT2D eigenvalue weighted by atomic mass is 19.1. The molecule has 27 heavy (non-hydrogen) atoms. The van der Waals surface area contributed by atoms with Gasteiger partial charge in [-0.3, -0.25) is 9.59 Å². The van der Waals surface area contributed by atoms with E-state index in [1.165, 1.54) is 24.3 Å². The van der Waals surface area contributed by atoms with E-state index in [4.69, 9.17) is 10.5 Å². The summed E-state index contributed by atoms with van der Waals surface area (Å²) >= 11 is 0. The first-order valence-electron chi connectivity index (χ1n) is 8.51. The Bertz CT molecular complexity index is 895. The number of carbonyl (C=O) groups is 3. The van der Waals surface area contributed by atoms with Crippen molar-refractivity contribution >= 4 is 23.5 Å². The molecule has 1 aliphatic carbocycles. The van der Waals surface area contributed by atoms with Gasteiger partial charge in [-0.1, -0.05) is 19.1 Å². The number of halogens is 1. The second-order valence-electron chi connectivity index (χ2n) is 6.64. The fourth-order valence-electron chi connectivity index (χ4n) is 2.70. The van der Waals surface area contributed by atoms with Gasteiger partial charge in [0.05, 0.1) is 11.3 Å². The van der Waals surface area contributed by atoms with Gasteiger partial charge in [-0.15, -0.1) is 0 Å². The molecule has 3 rings (SSSR count). The predicted molar refractivity (Wildman–Crippen MR) is 96.4 cm³/mol. The summed E-state index contributed by atoms with van der Waals surface area (Å²) in [5, 5.41) is 2.67. The summed E-state index contributed by atoms with van der Waals surface area (Å²) in [6, 6.07) is 9.81. The van der Waals surface area contributed by atoms with Crippen LogP contribution in [0.5, 0.6) is 0 Å². The van der Waals surface area contributed by atoms with Gasteiger partial charge in [0.25, 0.3) is 0 Å². The zero-order chi connectivity index (χ0) is 19.6. The fraction of sp³-hybridized carbons (Fsp3) is 0.250. The van der Waals surface area contributed by atoms with E-state index in [1.807, 2.05) is 6.92 Å². The molecule has 2 aromatic carbocycles. The summed E-state index contributed by atoms with van der Waals surface area (Å²) in [4.78, 5) is 35.6. The summed E-state index contributed by atoms with van der Waals surface area (Å²) in [5.74, 6) is -1.88. The number of amides is 2. The standard InChI is InChI=1S/C20H19FN2O4/c1-11-8-15(11)19(25)23-17-7-6-14(21)9-16(17)20(26)27-10-12-2-4-13(5-3-12)18(22)24/h2-7,9,11,15H,8,10H2,1H3,(H2,22,24)(H,23,25). The lowest BCUT2D eigenvalue weighted by Gasteiger charge is -2.11. The third kappa shape index (κ3) is 4.49. The van der Waals surface area contributed by atoms with Gasteiger partial charge in [-0.05, 0) is 48.2 Å². The third-order valence-electron chi connectivity index (χ3n) is 4.51. The zero-order valence-corrected chi connectivity index (χ0v) is 14.7. The van der Waals surface area contributed by atoms with Crippen molar-refractivity contribution in [2.24, 2.45) is 17.6 Å². The molecule has 3 N–H and O–H groups in total. The van der Waals surface area contributed by atoms with E-state index in [9.17, 15) is 18.8 Å². The van der Waals surface area contributed by atoms with Crippen LogP contribution in [-0.4, -0.2) is 17.8 Å². The van der Waals surface area contributed by atoms with Crippen LogP contribution in [0.1, 0.15) is 39.6 Å². The largest absolute Gasteiger partial charge is 0.457 e. The molecule has 1 fully saturated rings. The molecule has 0 radical (unpaired) electrons. The van der Waals surface area contributed by atoms with Crippen molar-refractivity contribution in [3.05, 3.63) is 65.0 Å². The number of benzene rings is 2. The monoisotopic (exact) mass is 370 g/mol. The molecule has 6 nitrogen and oxygen atoms in total. The smallest absolute Gasteiger partial charge is 0.340 e. The zero-order valence-electron chi connectivity index (χ0n) is 14.7. The molecular formula is C20H19FN2O4. The molecule has 7 heteroatoms. The van der Waals surface area contributed by atoms with Crippen LogP contribution in [0.2, 0.25) is 0 Å². The van der Waals surface area contributed by atoms with E-state index >= 15 is 0 Å².